The Kier molecular flexibility index (Phi) is 62.2. The number of carbonyl (C=O) groups excluding carboxylic acids is 9. The van der Waals surface area contributed by atoms with Crippen LogP contribution < -0.4 is 47.6 Å². The number of guanidine groups is 1. The summed E-state index contributed by atoms with van der Waals surface area (Å²) in [6, 6.07) is 11.2. The molecule has 0 saturated carbocycles. The standard InChI is InChI=1S/C70H110N8O26S.C10H19NO4.C8H16ClNO3/c1-50-59(49-79)104-51(2)65(66(50)87)77-62(83)15-43-105-60-47-63(84)78(69(60)90)17-13-61(82)73-16-20-92-22-24-94-26-28-96-30-32-98-34-36-100-38-40-102-42-41-101-39-37-99-35-33-97-31-29-95-27-25-93-23-21-91-19-14-56(80)8-3-4-18-103-58-11-9-54(10-12-58)75-68(89)53(46-64(85)86)45-57(81)48-74-67(88)52-6-5-7-55(44-52)76-70(71)72;1-5-8(4-12)15-6(2)9(10(5)14)11-7(3)13;1-4-6(3-11)13-5(2)7(10-9)8(4)12/h5-7,9-12,44,50-51,53,59-60,65-66,79,87H,3-4,8,13-43,45-49H2,1-2H3,(H,73,82)(H,74,88)(H,75,89)(H,77,83)(H,85,86)(H4,71,72,76);5-6,8-10,12,14H,4H2,1-3H3,(H,11,13);4-8,10-12H,3H2,1-2H3/t50-,51+,53+,59-,60?,65+,66+;5-,6+,8-,9+,10+;4-,5+,6-,7+,8+/m111/s1. The number of hydrogen-bond acceptors (Lipinski definition) is 35. The summed E-state index contributed by atoms with van der Waals surface area (Å²) < 4.78 is 88.7. The summed E-state index contributed by atoms with van der Waals surface area (Å²) in [5.41, 5.74) is 11.7. The molecule has 133 heavy (non-hydrogen) atoms. The number of imide groups is 1. The highest BCUT2D eigenvalue weighted by Gasteiger charge is 2.44. The molecule has 1 unspecified atom stereocenters. The van der Waals surface area contributed by atoms with E-state index in [-0.39, 0.29) is 160 Å². The lowest BCUT2D eigenvalue weighted by atomic mass is 9.87. The number of aliphatic carboxylic acids is 1. The maximum Gasteiger partial charge on any atom is 0.304 e. The van der Waals surface area contributed by atoms with Crippen molar-refractivity contribution in [2.45, 2.75) is 185 Å². The van der Waals surface area contributed by atoms with E-state index in [1.807, 2.05) is 13.8 Å². The van der Waals surface area contributed by atoms with Crippen molar-refractivity contribution in [2.24, 2.45) is 40.1 Å². The van der Waals surface area contributed by atoms with Gasteiger partial charge in [-0.05, 0) is 87.9 Å². The quantitative estimate of drug-likeness (QED) is 0.0135. The van der Waals surface area contributed by atoms with Gasteiger partial charge in [0, 0.05) is 93.3 Å². The number of rotatable bonds is 68. The van der Waals surface area contributed by atoms with Gasteiger partial charge in [0.05, 0.1) is 288 Å². The van der Waals surface area contributed by atoms with Gasteiger partial charge in [-0.15, -0.1) is 11.8 Å². The molecule has 0 radical (unpaired) electrons. The molecule has 4 saturated heterocycles. The lowest BCUT2D eigenvalue weighted by molar-refractivity contribution is -0.161. The van der Waals surface area contributed by atoms with Gasteiger partial charge >= 0.3 is 5.97 Å². The van der Waals surface area contributed by atoms with Crippen LogP contribution in [0.4, 0.5) is 11.4 Å². The number of nitrogens with one attached hydrogen (secondary N) is 6. The molecule has 17 atom stereocenters. The first-order chi connectivity index (χ1) is 63.9. The number of likely N-dealkylation sites (tertiary alicyclic amines) is 1. The average molecular weight is 1940 g/mol. The van der Waals surface area contributed by atoms with Crippen LogP contribution in [-0.2, 0) is 114 Å². The summed E-state index contributed by atoms with van der Waals surface area (Å²) in [7, 11) is 0. The molecule has 43 nitrogen and oxygen atoms in total. The first-order valence-electron chi connectivity index (χ1n) is 45.1. The van der Waals surface area contributed by atoms with Crippen LogP contribution in [0.25, 0.3) is 0 Å². The molecule has 2 aromatic rings. The van der Waals surface area contributed by atoms with Crippen LogP contribution in [0.15, 0.2) is 53.5 Å². The van der Waals surface area contributed by atoms with E-state index in [1.54, 1.807) is 64.1 Å². The summed E-state index contributed by atoms with van der Waals surface area (Å²) in [6.45, 7) is 21.2. The number of thioether (sulfide) groups is 1. The van der Waals surface area contributed by atoms with Gasteiger partial charge in [-0.2, -0.15) is 0 Å². The number of carboxylic acids is 1. The van der Waals surface area contributed by atoms with Crippen molar-refractivity contribution in [3.8, 4) is 5.75 Å². The van der Waals surface area contributed by atoms with Gasteiger partial charge in [0.15, 0.2) is 11.7 Å². The van der Waals surface area contributed by atoms with Crippen LogP contribution in [0, 0.1) is 23.7 Å². The van der Waals surface area contributed by atoms with Gasteiger partial charge in [0.2, 0.25) is 35.4 Å². The van der Waals surface area contributed by atoms with E-state index >= 15 is 0 Å². The third-order valence-electron chi connectivity index (χ3n) is 21.4. The number of nitrogens with two attached hydrogens (primary N) is 2. The Morgan fingerprint density at radius 3 is 1.41 bits per heavy atom. The summed E-state index contributed by atoms with van der Waals surface area (Å²) in [4.78, 5) is 131. The number of Topliss-reactive ketones (excluding diaryl/α,β-unsaturated/α-hetero) is 2. The fourth-order valence-corrected chi connectivity index (χ4v) is 15.2. The highest BCUT2D eigenvalue weighted by atomic mass is 35.5. The monoisotopic (exact) mass is 1940 g/mol. The molecule has 17 N–H and O–H groups in total. The number of aliphatic hydroxyl groups excluding tert-OH is 6. The second-order valence-electron chi connectivity index (χ2n) is 31.8. The number of carboxylic acid groups (broad SMARTS) is 1. The number of anilines is 1. The SMILES string of the molecule is CC(=O)N[C@@H]1[C@@H](O)[C@H](C)[C@@H](CO)O[C@H]1C.C[C@H]1[C@H](O)[C@@H](NC(=O)CCSC2CC(=O)N(CCC(=O)NCCOCCOCCOCCOCCOCCOCCOCCOCCOCCOCCOCCOCCC(=O)CCCCOc3ccc(NC(=O)[C@H](CC(=O)O)CC(=O)CNC(=O)c4cccc(N=C(N)N)c4)cc3)C2=O)[C@H](C)O[C@@H]1CO.C[C@H]1[C@H](O)[C@@H](NCl)[C@H](C)O[C@@H]1CO. The van der Waals surface area contributed by atoms with Gasteiger partial charge < -0.3 is 150 Å². The van der Waals surface area contributed by atoms with Crippen LogP contribution >= 0.6 is 23.5 Å². The Labute approximate surface area is 786 Å². The molecule has 2 aromatic carbocycles. The van der Waals surface area contributed by atoms with E-state index in [0.29, 0.717) is 201 Å². The zero-order valence-electron chi connectivity index (χ0n) is 77.5. The van der Waals surface area contributed by atoms with E-state index in [4.69, 9.17) is 109 Å². The van der Waals surface area contributed by atoms with Crippen LogP contribution in [-0.4, -0.2) is 394 Å². The minimum atomic E-state index is -1.27. The summed E-state index contributed by atoms with van der Waals surface area (Å²) in [5, 5.41) is 79.9. The minimum Gasteiger partial charge on any atom is -0.494 e. The van der Waals surface area contributed by atoms with Crippen molar-refractivity contribution in [3.63, 3.8) is 0 Å². The van der Waals surface area contributed by atoms with Crippen LogP contribution in [0.3, 0.4) is 0 Å². The van der Waals surface area contributed by atoms with Crippen LogP contribution in [0.1, 0.15) is 117 Å². The van der Waals surface area contributed by atoms with E-state index in [9.17, 15) is 73.5 Å². The lowest BCUT2D eigenvalue weighted by Gasteiger charge is -2.42. The first-order valence-corrected chi connectivity index (χ1v) is 46.5. The predicted octanol–water partition coefficient (Wildman–Crippen LogP) is -0.121. The van der Waals surface area contributed by atoms with E-state index in [2.05, 4.69) is 36.4 Å². The summed E-state index contributed by atoms with van der Waals surface area (Å²) in [6.07, 6.45) is -3.39. The molecule has 0 spiro atoms. The number of carbonyl (C=O) groups is 10. The van der Waals surface area contributed by atoms with Crippen LogP contribution in [0.5, 0.6) is 5.75 Å². The minimum absolute atomic E-state index is 0.00818. The zero-order valence-corrected chi connectivity index (χ0v) is 79.1. The fraction of sp³-hybridized carbons (Fsp3) is 0.739. The third kappa shape index (κ3) is 49.4. The Balaban J connectivity index is 0.00000111. The normalized spacial score (nSPS) is 23.0. The first kappa shape index (κ1) is 118. The highest BCUT2D eigenvalue weighted by Crippen LogP contribution is 2.31. The Morgan fingerprint density at radius 2 is 0.970 bits per heavy atom. The molecule has 4 aliphatic rings. The highest BCUT2D eigenvalue weighted by molar-refractivity contribution is 8.00. The van der Waals surface area contributed by atoms with Crippen molar-refractivity contribution in [1.82, 2.24) is 31.0 Å². The number of ketones is 2. The van der Waals surface area contributed by atoms with E-state index < -0.39 is 96.7 Å². The molecule has 7 amide bonds. The Bertz CT molecular complexity index is 3670. The number of aliphatic imine (C=N–C) groups is 1. The number of ether oxygens (including phenoxy) is 16. The van der Waals surface area contributed by atoms with Crippen molar-refractivity contribution in [2.75, 3.05) is 216 Å². The smallest absolute Gasteiger partial charge is 0.304 e. The lowest BCUT2D eigenvalue weighted by Crippen LogP contribution is -2.60. The van der Waals surface area contributed by atoms with E-state index in [1.165, 1.54) is 30.8 Å². The van der Waals surface area contributed by atoms with Gasteiger partial charge in [-0.3, -0.25) is 52.8 Å². The third-order valence-corrected chi connectivity index (χ3v) is 22.9. The maximum absolute atomic E-state index is 13.0. The largest absolute Gasteiger partial charge is 0.494 e. The van der Waals surface area contributed by atoms with Crippen molar-refractivity contribution >= 4 is 99.8 Å². The second-order valence-corrected chi connectivity index (χ2v) is 33.3. The van der Waals surface area contributed by atoms with Crippen molar-refractivity contribution in [1.29, 1.82) is 0 Å². The molecule has 0 aliphatic carbocycles. The number of unbranched alkanes of at least 4 members (excludes halogenated alkanes) is 1. The molecule has 4 aliphatic heterocycles. The molecular formula is C88H145ClN10O33S. The molecule has 45 heteroatoms. The molecule has 4 fully saturated rings. The number of aliphatic hydroxyl groups is 6. The molecule has 0 aromatic heterocycles. The maximum atomic E-state index is 13.0. The predicted molar refractivity (Wildman–Crippen MR) is 485 cm³/mol. The molecule has 0 bridgehead atoms. The topological polar surface area (TPSA) is 600 Å². The fourth-order valence-electron chi connectivity index (χ4n) is 13.8. The number of benzene rings is 2. The molecule has 6 rings (SSSR count). The van der Waals surface area contributed by atoms with E-state index in [0.717, 1.165) is 4.90 Å². The van der Waals surface area contributed by atoms with Crippen molar-refractivity contribution < 1.29 is 159 Å². The zero-order chi connectivity index (χ0) is 97.7. The van der Waals surface area contributed by atoms with Gasteiger partial charge in [0.25, 0.3) is 5.91 Å². The second kappa shape index (κ2) is 70.2. The number of hydrogen-bond donors (Lipinski definition) is 15. The van der Waals surface area contributed by atoms with Crippen molar-refractivity contribution in [3.05, 3.63) is 54.1 Å². The van der Waals surface area contributed by atoms with Gasteiger partial charge in [-0.1, -0.05) is 26.8 Å². The van der Waals surface area contributed by atoms with Gasteiger partial charge in [-0.25, -0.2) is 9.83 Å². The Morgan fingerprint density at radius 1 is 0.526 bits per heavy atom. The average Bonchev–Trinajstić information content (AvgIpc) is 1.07. The number of amides is 7. The van der Waals surface area contributed by atoms with Crippen LogP contribution in [0.2, 0.25) is 0 Å². The molecular weight excluding hydrogens is 1790 g/mol. The number of halogens is 1. The van der Waals surface area contributed by atoms with Gasteiger partial charge in [0.1, 0.15) is 11.5 Å². The molecule has 4 heterocycles. The number of nitrogens with zero attached hydrogens (tertiary/aromatic N) is 2. The summed E-state index contributed by atoms with van der Waals surface area (Å²) in [5.74, 6) is -5.82. The molecule has 758 valence electrons. The summed E-state index contributed by atoms with van der Waals surface area (Å²) >= 11 is 6.68. The Hall–Kier alpha value is -7.43.